The van der Waals surface area contributed by atoms with Crippen molar-refractivity contribution >= 4 is 33.3 Å². The molecule has 0 unspecified atom stereocenters. The molecule has 0 aliphatic heterocycles. The van der Waals surface area contributed by atoms with Crippen LogP contribution in [0.25, 0.3) is 11.0 Å². The summed E-state index contributed by atoms with van der Waals surface area (Å²) in [6.07, 6.45) is 1.75. The van der Waals surface area contributed by atoms with E-state index >= 15 is 0 Å². The van der Waals surface area contributed by atoms with Crippen molar-refractivity contribution in [1.82, 2.24) is 10.2 Å². The van der Waals surface area contributed by atoms with E-state index in [2.05, 4.69) is 28.5 Å². The van der Waals surface area contributed by atoms with Gasteiger partial charge in [0.25, 0.3) is 5.91 Å². The molecule has 0 radical (unpaired) electrons. The van der Waals surface area contributed by atoms with Gasteiger partial charge in [0.15, 0.2) is 5.76 Å². The van der Waals surface area contributed by atoms with Gasteiger partial charge < -0.3 is 4.42 Å². The molecule has 0 aliphatic rings. The molecule has 3 aromatic rings. The van der Waals surface area contributed by atoms with E-state index in [-0.39, 0.29) is 5.91 Å². The molecule has 0 bridgehead atoms. The smallest absolute Gasteiger partial charge is 0.293 e. The van der Waals surface area contributed by atoms with Crippen molar-refractivity contribution in [2.24, 2.45) is 0 Å². The highest BCUT2D eigenvalue weighted by atomic mass is 32.1. The Morgan fingerprint density at radius 2 is 2.09 bits per heavy atom. The molecule has 1 amide bonds. The first kappa shape index (κ1) is 14.7. The van der Waals surface area contributed by atoms with E-state index in [9.17, 15) is 4.79 Å². The molecular weight excluding hydrogens is 298 g/mol. The highest BCUT2D eigenvalue weighted by Gasteiger charge is 2.19. The molecule has 0 atom stereocenters. The summed E-state index contributed by atoms with van der Waals surface area (Å²) in [5.41, 5.74) is 2.80. The Morgan fingerprint density at radius 1 is 1.27 bits per heavy atom. The fourth-order valence-electron chi connectivity index (χ4n) is 2.31. The summed E-state index contributed by atoms with van der Waals surface area (Å²) < 4.78 is 5.71. The standard InChI is InChI=1S/C16H17N3O2S/c1-4-10-6-7-12-11(8-10)9(3)14(21-12)15(20)17-16-19-18-13(5-2)22-16/h6-8H,4-5H2,1-3H3,(H,17,19,20). The van der Waals surface area contributed by atoms with Crippen molar-refractivity contribution in [2.75, 3.05) is 5.32 Å². The molecular formula is C16H17N3O2S. The summed E-state index contributed by atoms with van der Waals surface area (Å²) in [5.74, 6) is 0.0436. The molecule has 0 saturated heterocycles. The SMILES string of the molecule is CCc1ccc2oc(C(=O)Nc3nnc(CC)s3)c(C)c2c1. The van der Waals surface area contributed by atoms with Gasteiger partial charge in [0.05, 0.1) is 0 Å². The van der Waals surface area contributed by atoms with Gasteiger partial charge in [0.2, 0.25) is 5.13 Å². The number of carbonyl (C=O) groups is 1. The Kier molecular flexibility index (Phi) is 3.94. The molecule has 0 fully saturated rings. The molecule has 5 nitrogen and oxygen atoms in total. The number of amides is 1. The van der Waals surface area contributed by atoms with Gasteiger partial charge in [0.1, 0.15) is 10.6 Å². The van der Waals surface area contributed by atoms with Crippen LogP contribution in [0.15, 0.2) is 22.6 Å². The summed E-state index contributed by atoms with van der Waals surface area (Å²) in [6.45, 7) is 6.00. The number of aromatic nitrogens is 2. The van der Waals surface area contributed by atoms with Gasteiger partial charge in [-0.1, -0.05) is 31.3 Å². The van der Waals surface area contributed by atoms with Gasteiger partial charge in [0, 0.05) is 10.9 Å². The minimum atomic E-state index is -0.287. The van der Waals surface area contributed by atoms with E-state index in [4.69, 9.17) is 4.42 Å². The number of carbonyl (C=O) groups excluding carboxylic acids is 1. The molecule has 6 heteroatoms. The maximum absolute atomic E-state index is 12.4. The molecule has 114 valence electrons. The van der Waals surface area contributed by atoms with E-state index in [1.165, 1.54) is 16.9 Å². The van der Waals surface area contributed by atoms with Crippen LogP contribution in [-0.2, 0) is 12.8 Å². The topological polar surface area (TPSA) is 68.0 Å². The monoisotopic (exact) mass is 315 g/mol. The second kappa shape index (κ2) is 5.88. The van der Waals surface area contributed by atoms with Gasteiger partial charge in [-0.3, -0.25) is 10.1 Å². The van der Waals surface area contributed by atoms with Crippen molar-refractivity contribution in [3.8, 4) is 0 Å². The molecule has 0 saturated carbocycles. The highest BCUT2D eigenvalue weighted by molar-refractivity contribution is 7.15. The van der Waals surface area contributed by atoms with Gasteiger partial charge in [-0.2, -0.15) is 0 Å². The van der Waals surface area contributed by atoms with E-state index in [1.807, 2.05) is 26.0 Å². The lowest BCUT2D eigenvalue weighted by molar-refractivity contribution is 0.0998. The molecule has 3 rings (SSSR count). The predicted molar refractivity (Wildman–Crippen MR) is 87.6 cm³/mol. The predicted octanol–water partition coefficient (Wildman–Crippen LogP) is 3.97. The van der Waals surface area contributed by atoms with Crippen molar-refractivity contribution < 1.29 is 9.21 Å². The van der Waals surface area contributed by atoms with Crippen LogP contribution in [0.1, 0.15) is 40.5 Å². The first-order valence-corrected chi connectivity index (χ1v) is 8.09. The third-order valence-corrected chi connectivity index (χ3v) is 4.59. The van der Waals surface area contributed by atoms with Crippen molar-refractivity contribution in [1.29, 1.82) is 0 Å². The molecule has 2 aromatic heterocycles. The van der Waals surface area contributed by atoms with Crippen LogP contribution in [-0.4, -0.2) is 16.1 Å². The zero-order valence-electron chi connectivity index (χ0n) is 12.8. The largest absolute Gasteiger partial charge is 0.451 e. The van der Waals surface area contributed by atoms with Crippen molar-refractivity contribution in [2.45, 2.75) is 33.6 Å². The Balaban J connectivity index is 1.91. The second-order valence-electron chi connectivity index (χ2n) is 5.05. The highest BCUT2D eigenvalue weighted by Crippen LogP contribution is 2.27. The van der Waals surface area contributed by atoms with Crippen LogP contribution in [0, 0.1) is 6.92 Å². The van der Waals surface area contributed by atoms with Gasteiger partial charge in [-0.05, 0) is 37.5 Å². The summed E-state index contributed by atoms with van der Waals surface area (Å²) in [6, 6.07) is 6.01. The van der Waals surface area contributed by atoms with E-state index in [0.717, 1.165) is 34.4 Å². The second-order valence-corrected chi connectivity index (χ2v) is 6.11. The normalized spacial score (nSPS) is 11.0. The van der Waals surface area contributed by atoms with Crippen LogP contribution in [0.4, 0.5) is 5.13 Å². The zero-order chi connectivity index (χ0) is 15.7. The summed E-state index contributed by atoms with van der Waals surface area (Å²) >= 11 is 1.38. The lowest BCUT2D eigenvalue weighted by Gasteiger charge is -1.98. The maximum atomic E-state index is 12.4. The number of aryl methyl sites for hydroxylation is 3. The maximum Gasteiger partial charge on any atom is 0.293 e. The van der Waals surface area contributed by atoms with Crippen LogP contribution >= 0.6 is 11.3 Å². The first-order valence-electron chi connectivity index (χ1n) is 7.28. The molecule has 2 heterocycles. The summed E-state index contributed by atoms with van der Waals surface area (Å²) in [5, 5.41) is 13.1. The Hall–Kier alpha value is -2.21. The van der Waals surface area contributed by atoms with Crippen LogP contribution in [0.2, 0.25) is 0 Å². The number of hydrogen-bond acceptors (Lipinski definition) is 5. The van der Waals surface area contributed by atoms with Crippen molar-refractivity contribution in [3.63, 3.8) is 0 Å². The molecule has 22 heavy (non-hydrogen) atoms. The minimum absolute atomic E-state index is 0.287. The number of fused-ring (bicyclic) bond motifs is 1. The number of anilines is 1. The number of nitrogens with one attached hydrogen (secondary N) is 1. The fourth-order valence-corrected chi connectivity index (χ4v) is 2.98. The Labute approximate surface area is 132 Å². The van der Waals surface area contributed by atoms with Crippen LogP contribution in [0.5, 0.6) is 0 Å². The number of rotatable bonds is 4. The van der Waals surface area contributed by atoms with Gasteiger partial charge in [-0.15, -0.1) is 10.2 Å². The van der Waals surface area contributed by atoms with E-state index < -0.39 is 0 Å². The third kappa shape index (κ3) is 2.62. The number of hydrogen-bond donors (Lipinski definition) is 1. The van der Waals surface area contributed by atoms with Crippen LogP contribution < -0.4 is 5.32 Å². The minimum Gasteiger partial charge on any atom is -0.451 e. The Morgan fingerprint density at radius 3 is 2.77 bits per heavy atom. The average Bonchev–Trinajstić information content (AvgIpc) is 3.11. The fraction of sp³-hybridized carbons (Fsp3) is 0.312. The number of benzene rings is 1. The number of nitrogens with zero attached hydrogens (tertiary/aromatic N) is 2. The lowest BCUT2D eigenvalue weighted by Crippen LogP contribution is -2.11. The third-order valence-electron chi connectivity index (χ3n) is 3.60. The zero-order valence-corrected chi connectivity index (χ0v) is 13.6. The molecule has 0 aliphatic carbocycles. The van der Waals surface area contributed by atoms with E-state index in [0.29, 0.717) is 10.9 Å². The van der Waals surface area contributed by atoms with E-state index in [1.54, 1.807) is 0 Å². The molecule has 0 spiro atoms. The van der Waals surface area contributed by atoms with Crippen LogP contribution in [0.3, 0.4) is 0 Å². The number of furan rings is 1. The quantitative estimate of drug-likeness (QED) is 0.791. The summed E-state index contributed by atoms with van der Waals surface area (Å²) in [4.78, 5) is 12.4. The Bertz CT molecular complexity index is 835. The summed E-state index contributed by atoms with van der Waals surface area (Å²) in [7, 11) is 0. The van der Waals surface area contributed by atoms with Gasteiger partial charge >= 0.3 is 0 Å². The van der Waals surface area contributed by atoms with Gasteiger partial charge in [-0.25, -0.2) is 0 Å². The molecule has 1 aromatic carbocycles. The molecule has 1 N–H and O–H groups in total. The average molecular weight is 315 g/mol. The lowest BCUT2D eigenvalue weighted by atomic mass is 10.1. The first-order chi connectivity index (χ1) is 10.6. The van der Waals surface area contributed by atoms with Crippen molar-refractivity contribution in [3.05, 3.63) is 40.1 Å².